The van der Waals surface area contributed by atoms with Crippen LogP contribution in [0.25, 0.3) is 0 Å². The van der Waals surface area contributed by atoms with Crippen molar-refractivity contribution in [1.29, 1.82) is 0 Å². The van der Waals surface area contributed by atoms with Crippen molar-refractivity contribution in [2.75, 3.05) is 0 Å². The van der Waals surface area contributed by atoms with Crippen LogP contribution in [-0.2, 0) is 31.1 Å². The van der Waals surface area contributed by atoms with Gasteiger partial charge in [-0.3, -0.25) is 9.78 Å². The van der Waals surface area contributed by atoms with E-state index < -0.39 is 44.9 Å². The topological polar surface area (TPSA) is 163 Å². The molecule has 4 rings (SSSR count). The van der Waals surface area contributed by atoms with Gasteiger partial charge in [-0.15, -0.1) is 0 Å². The number of pyridine rings is 1. The summed E-state index contributed by atoms with van der Waals surface area (Å²) < 4.78 is 54.5. The Hall–Kier alpha value is -3.10. The third kappa shape index (κ3) is 7.05. The van der Waals surface area contributed by atoms with Gasteiger partial charge in [-0.05, 0) is 60.7 Å². The van der Waals surface area contributed by atoms with Crippen molar-refractivity contribution in [2.45, 2.75) is 52.4 Å². The summed E-state index contributed by atoms with van der Waals surface area (Å²) in [4.78, 5) is 16.6. The third-order valence-electron chi connectivity index (χ3n) is 6.26. The molecule has 1 aliphatic rings. The first-order valence-corrected chi connectivity index (χ1v) is 15.0. The van der Waals surface area contributed by atoms with Gasteiger partial charge in [0.25, 0.3) is 0 Å². The molecule has 1 aliphatic carbocycles. The first kappa shape index (κ1) is 27.9. The number of sulfonamides is 1. The number of amides is 1. The van der Waals surface area contributed by atoms with Gasteiger partial charge in [0.15, 0.2) is 0 Å². The molecule has 0 bridgehead atoms. The molecular weight excluding hydrogens is 529 g/mol. The van der Waals surface area contributed by atoms with Gasteiger partial charge in [-0.25, -0.2) is 16.8 Å². The molecule has 1 amide bonds. The van der Waals surface area contributed by atoms with Crippen molar-refractivity contribution in [3.63, 3.8) is 0 Å². The van der Waals surface area contributed by atoms with Crippen LogP contribution in [0.4, 0.5) is 0 Å². The summed E-state index contributed by atoms with van der Waals surface area (Å²) in [6.45, 7) is 0. The summed E-state index contributed by atoms with van der Waals surface area (Å²) in [6.07, 6.45) is 4.90. The second kappa shape index (κ2) is 11.7. The van der Waals surface area contributed by atoms with E-state index in [4.69, 9.17) is 0 Å². The molecule has 0 aliphatic heterocycles. The number of carbonyl (C=O) groups is 1. The van der Waals surface area contributed by atoms with Crippen LogP contribution in [0.2, 0.25) is 0 Å². The normalized spacial score (nSPS) is 15.4. The largest absolute Gasteiger partial charge is 0.475 e. The fourth-order valence-corrected chi connectivity index (χ4v) is 6.40. The van der Waals surface area contributed by atoms with Gasteiger partial charge in [0, 0.05) is 12.4 Å². The predicted octanol–water partition coefficient (Wildman–Crippen LogP) is 1.10. The lowest BCUT2D eigenvalue weighted by molar-refractivity contribution is -0.123. The van der Waals surface area contributed by atoms with Crippen molar-refractivity contribution < 1.29 is 31.7 Å². The van der Waals surface area contributed by atoms with Gasteiger partial charge in [0.2, 0.25) is 25.8 Å². The minimum Gasteiger partial charge on any atom is -0.426 e. The molecule has 13 heteroatoms. The summed E-state index contributed by atoms with van der Waals surface area (Å²) in [7, 11) is -9.94. The summed E-state index contributed by atoms with van der Waals surface area (Å²) in [5.41, 5.74) is 0.691. The lowest BCUT2D eigenvalue weighted by atomic mass is 9.76. The highest BCUT2D eigenvalue weighted by atomic mass is 32.2. The van der Waals surface area contributed by atoms with Crippen molar-refractivity contribution >= 4 is 32.9 Å². The highest BCUT2D eigenvalue weighted by molar-refractivity contribution is 7.91. The molecule has 2 atom stereocenters. The minimum atomic E-state index is -4.26. The van der Waals surface area contributed by atoms with Crippen molar-refractivity contribution in [3.8, 4) is 0 Å². The number of sulfone groups is 1. The monoisotopic (exact) mass is 557 g/mol. The van der Waals surface area contributed by atoms with Crippen molar-refractivity contribution in [2.24, 2.45) is 5.92 Å². The molecule has 1 heterocycles. The molecule has 2 aromatic carbocycles. The molecule has 0 unspecified atom stereocenters. The number of nitrogens with zero attached hydrogens (tertiary/aromatic N) is 1. The van der Waals surface area contributed by atoms with E-state index >= 15 is 0 Å². The van der Waals surface area contributed by atoms with E-state index in [1.807, 2.05) is 0 Å². The zero-order chi connectivity index (χ0) is 27.3. The molecule has 0 spiro atoms. The smallest absolute Gasteiger partial charge is 0.426 e. The predicted molar refractivity (Wildman–Crippen MR) is 140 cm³/mol. The lowest BCUT2D eigenvalue weighted by Gasteiger charge is -2.23. The molecule has 200 valence electrons. The maximum atomic E-state index is 13.2. The highest BCUT2D eigenvalue weighted by Gasteiger charge is 2.35. The maximum absolute atomic E-state index is 13.2. The summed E-state index contributed by atoms with van der Waals surface area (Å²) in [6, 6.07) is 15.1. The van der Waals surface area contributed by atoms with E-state index in [-0.39, 0.29) is 27.0 Å². The van der Waals surface area contributed by atoms with Gasteiger partial charge >= 0.3 is 7.12 Å². The quantitative estimate of drug-likeness (QED) is 0.241. The average molecular weight is 557 g/mol. The number of nitrogens with one attached hydrogen (secondary N) is 2. The molecule has 1 aromatic heterocycles. The Morgan fingerprint density at radius 3 is 2.16 bits per heavy atom. The first-order valence-electron chi connectivity index (χ1n) is 12.0. The Kier molecular flexibility index (Phi) is 8.63. The third-order valence-corrected chi connectivity index (χ3v) is 9.50. The van der Waals surface area contributed by atoms with E-state index in [9.17, 15) is 31.7 Å². The number of hydrogen-bond donors (Lipinski definition) is 4. The molecule has 4 N–H and O–H groups in total. The number of carbonyl (C=O) groups excluding carboxylic acids is 1. The van der Waals surface area contributed by atoms with Crippen LogP contribution in [0.15, 0.2) is 93.8 Å². The van der Waals surface area contributed by atoms with Gasteiger partial charge in [-0.1, -0.05) is 43.2 Å². The molecule has 3 aromatic rings. The Morgan fingerprint density at radius 2 is 1.58 bits per heavy atom. The maximum Gasteiger partial charge on any atom is 0.475 e. The molecular formula is C25H28BN3O7S2. The highest BCUT2D eigenvalue weighted by Crippen LogP contribution is 2.33. The van der Waals surface area contributed by atoms with Crippen LogP contribution in [0, 0.1) is 5.92 Å². The molecule has 10 nitrogen and oxygen atoms in total. The molecule has 0 radical (unpaired) electrons. The Bertz CT molecular complexity index is 1450. The SMILES string of the molecule is O=C(N[C@@H](CC1CC1)B(O)O)[C@H](Cc1ccccc1)NS(=O)(=O)c1ccc(S(=O)(=O)c2cccnc2)cc1. The standard InChI is InChI=1S/C25H28BN3O7S2/c30-25(28-24(26(31)32)16-19-8-9-19)23(15-18-5-2-1-3-6-18)29-38(35,36)21-12-10-20(11-13-21)37(33,34)22-7-4-14-27-17-22/h1-7,10-14,17,19,23-24,29,31-32H,8-9,15-16H2,(H,28,30)/t23-,24-/m0/s1. The van der Waals surface area contributed by atoms with Crippen LogP contribution in [-0.4, -0.2) is 56.9 Å². The zero-order valence-electron chi connectivity index (χ0n) is 20.3. The lowest BCUT2D eigenvalue weighted by Crippen LogP contribution is -2.54. The van der Waals surface area contributed by atoms with E-state index in [1.165, 1.54) is 36.7 Å². The number of hydrogen-bond acceptors (Lipinski definition) is 8. The summed E-state index contributed by atoms with van der Waals surface area (Å²) in [5.74, 6) is -1.35. The van der Waals surface area contributed by atoms with Gasteiger partial charge < -0.3 is 15.4 Å². The Labute approximate surface area is 222 Å². The van der Waals surface area contributed by atoms with Crippen LogP contribution in [0.3, 0.4) is 0 Å². The number of aromatic nitrogens is 1. The summed E-state index contributed by atoms with van der Waals surface area (Å²) in [5, 5.41) is 22.1. The number of rotatable bonds is 12. The molecule has 1 saturated carbocycles. The van der Waals surface area contributed by atoms with Crippen LogP contribution in [0.1, 0.15) is 24.8 Å². The van der Waals surface area contributed by atoms with Crippen LogP contribution in [0.5, 0.6) is 0 Å². The van der Waals surface area contributed by atoms with Gasteiger partial charge in [0.05, 0.1) is 20.6 Å². The second-order valence-electron chi connectivity index (χ2n) is 9.23. The van der Waals surface area contributed by atoms with E-state index in [0.717, 1.165) is 25.0 Å². The molecule has 38 heavy (non-hydrogen) atoms. The summed E-state index contributed by atoms with van der Waals surface area (Å²) >= 11 is 0. The minimum absolute atomic E-state index is 0.0110. The zero-order valence-corrected chi connectivity index (χ0v) is 22.0. The van der Waals surface area contributed by atoms with E-state index in [1.54, 1.807) is 30.3 Å². The number of benzene rings is 2. The van der Waals surface area contributed by atoms with Crippen molar-refractivity contribution in [1.82, 2.24) is 15.0 Å². The van der Waals surface area contributed by atoms with Gasteiger partial charge in [0.1, 0.15) is 6.04 Å². The van der Waals surface area contributed by atoms with E-state index in [0.29, 0.717) is 12.0 Å². The van der Waals surface area contributed by atoms with E-state index in [2.05, 4.69) is 15.0 Å². The van der Waals surface area contributed by atoms with Crippen molar-refractivity contribution in [3.05, 3.63) is 84.7 Å². The Balaban J connectivity index is 1.55. The Morgan fingerprint density at radius 1 is 0.921 bits per heavy atom. The van der Waals surface area contributed by atoms with Crippen LogP contribution < -0.4 is 10.0 Å². The second-order valence-corrected chi connectivity index (χ2v) is 12.9. The molecule has 1 fully saturated rings. The van der Waals surface area contributed by atoms with Crippen LogP contribution >= 0.6 is 0 Å². The molecule has 0 saturated heterocycles. The fourth-order valence-electron chi connectivity index (χ4n) is 3.98. The fraction of sp³-hybridized carbons (Fsp3) is 0.280. The average Bonchev–Trinajstić information content (AvgIpc) is 3.73. The van der Waals surface area contributed by atoms with Gasteiger partial charge in [-0.2, -0.15) is 4.72 Å². The first-order chi connectivity index (χ1) is 18.1.